The molecular formula is C10H7Br3OS2. The Bertz CT molecular complexity index is 499. The fourth-order valence-electron chi connectivity index (χ4n) is 1.38. The van der Waals surface area contributed by atoms with Crippen molar-refractivity contribution in [2.45, 2.75) is 13.0 Å². The average molecular weight is 447 g/mol. The summed E-state index contributed by atoms with van der Waals surface area (Å²) in [6.07, 6.45) is -0.546. The Morgan fingerprint density at radius 3 is 2.31 bits per heavy atom. The minimum absolute atomic E-state index is 0.546. The van der Waals surface area contributed by atoms with Gasteiger partial charge in [0.15, 0.2) is 0 Å². The highest BCUT2D eigenvalue weighted by atomic mass is 79.9. The summed E-state index contributed by atoms with van der Waals surface area (Å²) in [7, 11) is 0. The maximum atomic E-state index is 10.3. The van der Waals surface area contributed by atoms with Gasteiger partial charge in [-0.25, -0.2) is 0 Å². The van der Waals surface area contributed by atoms with Crippen molar-refractivity contribution in [3.8, 4) is 0 Å². The van der Waals surface area contributed by atoms with Crippen molar-refractivity contribution in [1.29, 1.82) is 0 Å². The van der Waals surface area contributed by atoms with Gasteiger partial charge in [-0.1, -0.05) is 0 Å². The highest BCUT2D eigenvalue weighted by Gasteiger charge is 2.18. The van der Waals surface area contributed by atoms with Crippen molar-refractivity contribution in [2.24, 2.45) is 0 Å². The molecule has 1 nitrogen and oxygen atoms in total. The predicted octanol–water partition coefficient (Wildman–Crippen LogP) is 5.49. The van der Waals surface area contributed by atoms with Crippen molar-refractivity contribution < 1.29 is 5.11 Å². The van der Waals surface area contributed by atoms with E-state index in [0.717, 1.165) is 27.4 Å². The van der Waals surface area contributed by atoms with Crippen molar-refractivity contribution in [3.05, 3.63) is 39.5 Å². The van der Waals surface area contributed by atoms with Gasteiger partial charge < -0.3 is 5.11 Å². The first-order valence-corrected chi connectivity index (χ1v) is 8.39. The number of hydrogen-bond donors (Lipinski definition) is 1. The van der Waals surface area contributed by atoms with Gasteiger partial charge in [0.1, 0.15) is 6.10 Å². The van der Waals surface area contributed by atoms with E-state index < -0.39 is 6.10 Å². The van der Waals surface area contributed by atoms with Crippen LogP contribution in [0.5, 0.6) is 0 Å². The largest absolute Gasteiger partial charge is 0.383 e. The van der Waals surface area contributed by atoms with Gasteiger partial charge in [0.25, 0.3) is 0 Å². The van der Waals surface area contributed by atoms with Crippen molar-refractivity contribution in [1.82, 2.24) is 0 Å². The van der Waals surface area contributed by atoms with Gasteiger partial charge in [-0.05, 0) is 66.8 Å². The van der Waals surface area contributed by atoms with Crippen LogP contribution in [0.1, 0.15) is 21.4 Å². The molecule has 2 rings (SSSR count). The summed E-state index contributed by atoms with van der Waals surface area (Å²) >= 11 is 13.5. The zero-order valence-corrected chi connectivity index (χ0v) is 14.5. The Balaban J connectivity index is 2.38. The second-order valence-electron chi connectivity index (χ2n) is 3.23. The van der Waals surface area contributed by atoms with Gasteiger partial charge >= 0.3 is 0 Å². The summed E-state index contributed by atoms with van der Waals surface area (Å²) in [5, 5.41) is 10.3. The number of aryl methyl sites for hydroxylation is 1. The molecule has 2 aromatic heterocycles. The van der Waals surface area contributed by atoms with Crippen LogP contribution in [0.25, 0.3) is 0 Å². The number of aliphatic hydroxyl groups excluding tert-OH is 1. The van der Waals surface area contributed by atoms with E-state index in [1.165, 1.54) is 0 Å². The minimum Gasteiger partial charge on any atom is -0.383 e. The van der Waals surface area contributed by atoms with E-state index in [2.05, 4.69) is 47.8 Å². The van der Waals surface area contributed by atoms with Crippen LogP contribution in [0, 0.1) is 6.92 Å². The number of aliphatic hydroxyl groups is 1. The van der Waals surface area contributed by atoms with Gasteiger partial charge in [0.05, 0.1) is 7.57 Å². The molecule has 86 valence electrons. The molecule has 0 aliphatic heterocycles. The molecule has 0 amide bonds. The van der Waals surface area contributed by atoms with Crippen molar-refractivity contribution >= 4 is 70.5 Å². The summed E-state index contributed by atoms with van der Waals surface area (Å²) in [6.45, 7) is 2.02. The smallest absolute Gasteiger partial charge is 0.114 e. The molecule has 0 aliphatic rings. The van der Waals surface area contributed by atoms with Gasteiger partial charge in [-0.3, -0.25) is 0 Å². The summed E-state index contributed by atoms with van der Waals surface area (Å²) in [4.78, 5) is 2.08. The van der Waals surface area contributed by atoms with Gasteiger partial charge in [0, 0.05) is 19.8 Å². The molecule has 16 heavy (non-hydrogen) atoms. The quantitative estimate of drug-likeness (QED) is 0.647. The van der Waals surface area contributed by atoms with Crippen molar-refractivity contribution in [3.63, 3.8) is 0 Å². The average Bonchev–Trinajstić information content (AvgIpc) is 2.70. The molecule has 0 bridgehead atoms. The van der Waals surface area contributed by atoms with Crippen LogP contribution in [0.15, 0.2) is 24.2 Å². The van der Waals surface area contributed by atoms with Gasteiger partial charge in [-0.15, -0.1) is 22.7 Å². The Labute approximate surface area is 127 Å². The maximum absolute atomic E-state index is 10.3. The summed E-state index contributed by atoms with van der Waals surface area (Å²) in [6, 6.07) is 3.93. The fraction of sp³-hybridized carbons (Fsp3) is 0.200. The molecule has 0 spiro atoms. The first-order chi connectivity index (χ1) is 7.49. The van der Waals surface area contributed by atoms with Crippen molar-refractivity contribution in [2.75, 3.05) is 0 Å². The van der Waals surface area contributed by atoms with E-state index in [0.29, 0.717) is 0 Å². The van der Waals surface area contributed by atoms with E-state index in [1.54, 1.807) is 22.7 Å². The standard InChI is InChI=1S/C10H7Br3OS2/c1-4-5(2-8(12)15-4)9(14)7-3-6(11)10(13)16-7/h2-3,9,14H,1H3. The number of thiophene rings is 2. The molecule has 0 aromatic carbocycles. The Hall–Kier alpha value is 0.800. The Morgan fingerprint density at radius 1 is 1.19 bits per heavy atom. The normalized spacial score (nSPS) is 13.1. The van der Waals surface area contributed by atoms with Gasteiger partial charge in [0.2, 0.25) is 0 Å². The Morgan fingerprint density at radius 2 is 1.88 bits per heavy atom. The molecule has 0 saturated carbocycles. The lowest BCUT2D eigenvalue weighted by Gasteiger charge is -2.07. The molecule has 1 atom stereocenters. The molecule has 1 N–H and O–H groups in total. The third kappa shape index (κ3) is 2.62. The first-order valence-electron chi connectivity index (χ1n) is 4.37. The van der Waals surface area contributed by atoms with E-state index in [4.69, 9.17) is 0 Å². The van der Waals surface area contributed by atoms with Crippen LogP contribution >= 0.6 is 70.5 Å². The zero-order chi connectivity index (χ0) is 11.9. The lowest BCUT2D eigenvalue weighted by atomic mass is 10.1. The van der Waals surface area contributed by atoms with E-state index >= 15 is 0 Å². The first kappa shape index (κ1) is 13.2. The lowest BCUT2D eigenvalue weighted by molar-refractivity contribution is 0.224. The molecule has 2 aromatic rings. The Kier molecular flexibility index (Phi) is 4.30. The zero-order valence-electron chi connectivity index (χ0n) is 8.13. The number of hydrogen-bond acceptors (Lipinski definition) is 3. The molecule has 1 unspecified atom stereocenters. The van der Waals surface area contributed by atoms with Crippen LogP contribution < -0.4 is 0 Å². The molecule has 2 heterocycles. The van der Waals surface area contributed by atoms with Crippen LogP contribution in [0.2, 0.25) is 0 Å². The number of rotatable bonds is 2. The summed E-state index contributed by atoms with van der Waals surface area (Å²) in [5.41, 5.74) is 0.970. The molecule has 0 aliphatic carbocycles. The fourth-order valence-corrected chi connectivity index (χ4v) is 5.22. The molecule has 0 fully saturated rings. The molecule has 0 radical (unpaired) electrons. The lowest BCUT2D eigenvalue weighted by Crippen LogP contribution is -1.96. The summed E-state index contributed by atoms with van der Waals surface area (Å²) < 4.78 is 3.04. The van der Waals surface area contributed by atoms with E-state index in [1.807, 2.05) is 19.1 Å². The van der Waals surface area contributed by atoms with Gasteiger partial charge in [-0.2, -0.15) is 0 Å². The van der Waals surface area contributed by atoms with Crippen LogP contribution in [-0.2, 0) is 0 Å². The SMILES string of the molecule is Cc1sc(Br)cc1C(O)c1cc(Br)c(Br)s1. The number of halogens is 3. The summed E-state index contributed by atoms with van der Waals surface area (Å²) in [5.74, 6) is 0. The van der Waals surface area contributed by atoms with E-state index in [9.17, 15) is 5.11 Å². The highest BCUT2D eigenvalue weighted by Crippen LogP contribution is 2.40. The van der Waals surface area contributed by atoms with E-state index in [-0.39, 0.29) is 0 Å². The van der Waals surface area contributed by atoms with Crippen LogP contribution in [-0.4, -0.2) is 5.11 Å². The van der Waals surface area contributed by atoms with Crippen LogP contribution in [0.3, 0.4) is 0 Å². The highest BCUT2D eigenvalue weighted by molar-refractivity contribution is 9.13. The monoisotopic (exact) mass is 444 g/mol. The molecule has 6 heteroatoms. The minimum atomic E-state index is -0.546. The predicted molar refractivity (Wildman–Crippen MR) is 80.5 cm³/mol. The maximum Gasteiger partial charge on any atom is 0.114 e. The third-order valence-electron chi connectivity index (χ3n) is 2.15. The van der Waals surface area contributed by atoms with Crippen LogP contribution in [0.4, 0.5) is 0 Å². The third-order valence-corrected chi connectivity index (χ3v) is 7.03. The second kappa shape index (κ2) is 5.20. The topological polar surface area (TPSA) is 20.2 Å². The second-order valence-corrected chi connectivity index (χ2v) is 9.13. The molecular weight excluding hydrogens is 440 g/mol. The molecule has 0 saturated heterocycles.